The Morgan fingerprint density at radius 1 is 1.39 bits per heavy atom. The third-order valence-corrected chi connectivity index (χ3v) is 3.46. The third-order valence-electron chi connectivity index (χ3n) is 3.46. The monoisotopic (exact) mass is 250 g/mol. The number of anilines is 1. The van der Waals surface area contributed by atoms with Crippen molar-refractivity contribution in [2.24, 2.45) is 5.92 Å². The lowest BCUT2D eigenvalue weighted by Crippen LogP contribution is -2.37. The van der Waals surface area contributed by atoms with Crippen molar-refractivity contribution in [1.82, 2.24) is 15.1 Å². The van der Waals surface area contributed by atoms with Crippen molar-refractivity contribution < 1.29 is 9.59 Å². The molecule has 1 aliphatic rings. The minimum atomic E-state index is -0.436. The van der Waals surface area contributed by atoms with Gasteiger partial charge < -0.3 is 5.73 Å². The van der Waals surface area contributed by atoms with E-state index in [4.69, 9.17) is 5.73 Å². The lowest BCUT2D eigenvalue weighted by Gasteiger charge is -2.13. The van der Waals surface area contributed by atoms with Crippen LogP contribution in [0.4, 0.5) is 5.82 Å². The van der Waals surface area contributed by atoms with Gasteiger partial charge in [0.05, 0.1) is 12.1 Å². The van der Waals surface area contributed by atoms with E-state index < -0.39 is 5.91 Å². The van der Waals surface area contributed by atoms with Crippen molar-refractivity contribution in [2.45, 2.75) is 39.7 Å². The molecule has 1 aliphatic heterocycles. The molecule has 0 aromatic carbocycles. The number of nitrogens with one attached hydrogen (secondary N) is 1. The predicted molar refractivity (Wildman–Crippen MR) is 66.9 cm³/mol. The summed E-state index contributed by atoms with van der Waals surface area (Å²) in [5, 5.41) is 6.56. The van der Waals surface area contributed by atoms with Gasteiger partial charge in [-0.25, -0.2) is 4.68 Å². The molecular weight excluding hydrogens is 232 g/mol. The second-order valence-corrected chi connectivity index (χ2v) is 4.63. The summed E-state index contributed by atoms with van der Waals surface area (Å²) in [5.74, 6) is 0.0866. The molecule has 1 aromatic heterocycles. The fourth-order valence-corrected chi connectivity index (χ4v) is 2.21. The Hall–Kier alpha value is -1.85. The highest BCUT2D eigenvalue weighted by Gasteiger charge is 2.29. The van der Waals surface area contributed by atoms with E-state index >= 15 is 0 Å². The second-order valence-electron chi connectivity index (χ2n) is 4.63. The Morgan fingerprint density at radius 2 is 2.06 bits per heavy atom. The largest absolute Gasteiger partial charge is 0.383 e. The Bertz CT molecular complexity index is 489. The van der Waals surface area contributed by atoms with Crippen LogP contribution in [0.1, 0.15) is 42.7 Å². The van der Waals surface area contributed by atoms with Gasteiger partial charge in [-0.15, -0.1) is 0 Å². The van der Waals surface area contributed by atoms with Crippen molar-refractivity contribution in [2.75, 3.05) is 5.73 Å². The first kappa shape index (κ1) is 12.6. The summed E-state index contributed by atoms with van der Waals surface area (Å²) < 4.78 is 1.65. The molecule has 2 rings (SSSR count). The summed E-state index contributed by atoms with van der Waals surface area (Å²) in [5.41, 5.74) is 6.80. The number of aromatic nitrogens is 2. The van der Waals surface area contributed by atoms with Crippen LogP contribution in [0.15, 0.2) is 0 Å². The molecule has 2 heterocycles. The normalized spacial score (nSPS) is 14.8. The number of fused-ring (bicyclic) bond motifs is 1. The van der Waals surface area contributed by atoms with E-state index in [1.54, 1.807) is 4.68 Å². The molecule has 6 nitrogen and oxygen atoms in total. The van der Waals surface area contributed by atoms with Gasteiger partial charge in [0.25, 0.3) is 5.91 Å². The van der Waals surface area contributed by atoms with Gasteiger partial charge in [0.15, 0.2) is 0 Å². The van der Waals surface area contributed by atoms with Crippen molar-refractivity contribution in [1.29, 1.82) is 0 Å². The number of nitrogens with two attached hydrogens (primary N) is 1. The number of hydrogen-bond donors (Lipinski definition) is 2. The molecule has 0 fully saturated rings. The Morgan fingerprint density at radius 3 is 2.67 bits per heavy atom. The summed E-state index contributed by atoms with van der Waals surface area (Å²) in [7, 11) is 0. The zero-order chi connectivity index (χ0) is 13.3. The van der Waals surface area contributed by atoms with Crippen LogP contribution in [0.5, 0.6) is 0 Å². The first-order valence-electron chi connectivity index (χ1n) is 6.26. The average molecular weight is 250 g/mol. The molecule has 0 unspecified atom stereocenters. The van der Waals surface area contributed by atoms with E-state index in [1.165, 1.54) is 0 Å². The number of carbonyl (C=O) groups is 2. The molecular formula is C12H18N4O2. The molecule has 1 aromatic rings. The van der Waals surface area contributed by atoms with Gasteiger partial charge in [-0.05, 0) is 5.92 Å². The first-order valence-corrected chi connectivity index (χ1v) is 6.26. The zero-order valence-corrected chi connectivity index (χ0v) is 10.7. The molecule has 0 spiro atoms. The highest BCUT2D eigenvalue weighted by molar-refractivity contribution is 6.11. The van der Waals surface area contributed by atoms with Gasteiger partial charge in [-0.1, -0.05) is 26.7 Å². The van der Waals surface area contributed by atoms with E-state index in [2.05, 4.69) is 24.3 Å². The average Bonchev–Trinajstić information content (AvgIpc) is 2.62. The van der Waals surface area contributed by atoms with E-state index in [0.29, 0.717) is 29.5 Å². The van der Waals surface area contributed by atoms with Gasteiger partial charge in [0.2, 0.25) is 5.91 Å². The molecule has 0 saturated heterocycles. The molecule has 0 aliphatic carbocycles. The zero-order valence-electron chi connectivity index (χ0n) is 10.7. The van der Waals surface area contributed by atoms with Crippen molar-refractivity contribution >= 4 is 17.6 Å². The molecule has 0 radical (unpaired) electrons. The van der Waals surface area contributed by atoms with Crippen molar-refractivity contribution in [3.8, 4) is 0 Å². The Balaban J connectivity index is 2.32. The lowest BCUT2D eigenvalue weighted by molar-refractivity contribution is -0.119. The highest BCUT2D eigenvalue weighted by Crippen LogP contribution is 2.22. The maximum Gasteiger partial charge on any atom is 0.263 e. The van der Waals surface area contributed by atoms with Crippen LogP contribution in [0.3, 0.4) is 0 Å². The highest BCUT2D eigenvalue weighted by atomic mass is 16.2. The Labute approximate surface area is 106 Å². The van der Waals surface area contributed by atoms with Crippen LogP contribution in [-0.4, -0.2) is 21.6 Å². The van der Waals surface area contributed by atoms with Gasteiger partial charge in [0, 0.05) is 6.54 Å². The number of nitrogen functional groups attached to an aromatic ring is 1. The van der Waals surface area contributed by atoms with Gasteiger partial charge >= 0.3 is 0 Å². The molecule has 0 atom stereocenters. The van der Waals surface area contributed by atoms with Crippen LogP contribution < -0.4 is 11.1 Å². The summed E-state index contributed by atoms with van der Waals surface area (Å²) in [6.07, 6.45) is 2.19. The van der Waals surface area contributed by atoms with Crippen molar-refractivity contribution in [3.63, 3.8) is 0 Å². The van der Waals surface area contributed by atoms with E-state index in [0.717, 1.165) is 12.8 Å². The molecule has 2 amide bonds. The maximum absolute atomic E-state index is 11.7. The topological polar surface area (TPSA) is 90.0 Å². The molecule has 98 valence electrons. The Kier molecular flexibility index (Phi) is 3.36. The predicted octanol–water partition coefficient (Wildman–Crippen LogP) is 0.714. The van der Waals surface area contributed by atoms with Crippen LogP contribution in [0.2, 0.25) is 0 Å². The molecule has 0 bridgehead atoms. The number of nitrogens with zero attached hydrogens (tertiary/aromatic N) is 2. The van der Waals surface area contributed by atoms with Crippen LogP contribution in [0, 0.1) is 5.92 Å². The molecule has 18 heavy (non-hydrogen) atoms. The second kappa shape index (κ2) is 4.80. The third kappa shape index (κ3) is 2.10. The van der Waals surface area contributed by atoms with Gasteiger partial charge in [-0.2, -0.15) is 5.10 Å². The SMILES string of the molecule is CCC(CC)Cn1nc2c(c1N)C(=O)NC(=O)C2. The van der Waals surface area contributed by atoms with Crippen molar-refractivity contribution in [3.05, 3.63) is 11.3 Å². The van der Waals surface area contributed by atoms with Gasteiger partial charge in [-0.3, -0.25) is 14.9 Å². The molecule has 0 saturated carbocycles. The quantitative estimate of drug-likeness (QED) is 0.770. The number of carbonyl (C=O) groups excluding carboxylic acids is 2. The van der Waals surface area contributed by atoms with Crippen LogP contribution >= 0.6 is 0 Å². The van der Waals surface area contributed by atoms with Crippen LogP contribution in [-0.2, 0) is 17.8 Å². The molecule has 3 N–H and O–H groups in total. The van der Waals surface area contributed by atoms with E-state index in [1.807, 2.05) is 0 Å². The summed E-state index contributed by atoms with van der Waals surface area (Å²) in [4.78, 5) is 23.0. The fraction of sp³-hybridized carbons (Fsp3) is 0.583. The number of hydrogen-bond acceptors (Lipinski definition) is 4. The summed E-state index contributed by atoms with van der Waals surface area (Å²) in [6.45, 7) is 4.92. The first-order chi connectivity index (χ1) is 8.56. The molecule has 6 heteroatoms. The van der Waals surface area contributed by atoms with Crippen LogP contribution in [0.25, 0.3) is 0 Å². The minimum Gasteiger partial charge on any atom is -0.383 e. The van der Waals surface area contributed by atoms with E-state index in [9.17, 15) is 9.59 Å². The lowest BCUT2D eigenvalue weighted by atomic mass is 10.0. The number of rotatable bonds is 4. The number of amides is 2. The van der Waals surface area contributed by atoms with E-state index in [-0.39, 0.29) is 12.3 Å². The van der Waals surface area contributed by atoms with Gasteiger partial charge in [0.1, 0.15) is 11.4 Å². The minimum absolute atomic E-state index is 0.126. The maximum atomic E-state index is 11.7. The fourth-order valence-electron chi connectivity index (χ4n) is 2.21. The number of imide groups is 1. The smallest absolute Gasteiger partial charge is 0.263 e. The summed E-state index contributed by atoms with van der Waals surface area (Å²) >= 11 is 0. The summed E-state index contributed by atoms with van der Waals surface area (Å²) in [6, 6.07) is 0. The standard InChI is InChI=1S/C12H18N4O2/c1-3-7(4-2)6-16-11(13)10-8(15-16)5-9(17)14-12(10)18/h7H,3-6,13H2,1-2H3,(H,14,17,18).